The second-order valence-corrected chi connectivity index (χ2v) is 3.59. The Morgan fingerprint density at radius 1 is 1.25 bits per heavy atom. The lowest BCUT2D eigenvalue weighted by Crippen LogP contribution is -2.01. The van der Waals surface area contributed by atoms with Gasteiger partial charge in [-0.2, -0.15) is 0 Å². The normalized spacial score (nSPS) is 35.6. The lowest BCUT2D eigenvalue weighted by molar-refractivity contribution is 0.551. The molecule has 0 saturated heterocycles. The molecule has 2 aliphatic carbocycles. The topological polar surface area (TPSA) is 0 Å². The van der Waals surface area contributed by atoms with Crippen LogP contribution in [0.3, 0.4) is 0 Å². The molecule has 0 heteroatoms. The Bertz CT molecular complexity index is 188. The van der Waals surface area contributed by atoms with E-state index < -0.39 is 0 Å². The van der Waals surface area contributed by atoms with Crippen molar-refractivity contribution < 1.29 is 0 Å². The molecule has 12 heavy (non-hydrogen) atoms. The molecule has 0 aromatic rings. The zero-order valence-electron chi connectivity index (χ0n) is 7.87. The minimum Gasteiger partial charge on any atom is -0.103 e. The first-order chi connectivity index (χ1) is 5.81. The lowest BCUT2D eigenvalue weighted by Gasteiger charge is -2.11. The predicted molar refractivity (Wildman–Crippen MR) is 54.9 cm³/mol. The van der Waals surface area contributed by atoms with Gasteiger partial charge in [0, 0.05) is 0 Å². The zero-order chi connectivity index (χ0) is 8.97. The largest absolute Gasteiger partial charge is 0.103 e. The van der Waals surface area contributed by atoms with E-state index in [0.29, 0.717) is 0 Å². The van der Waals surface area contributed by atoms with Crippen LogP contribution >= 0.6 is 0 Å². The van der Waals surface area contributed by atoms with Gasteiger partial charge in [0.05, 0.1) is 0 Å². The fourth-order valence-electron chi connectivity index (χ4n) is 2.09. The van der Waals surface area contributed by atoms with Gasteiger partial charge in [0.15, 0.2) is 0 Å². The van der Waals surface area contributed by atoms with Crippen LogP contribution in [0.4, 0.5) is 0 Å². The summed E-state index contributed by atoms with van der Waals surface area (Å²) in [6.45, 7) is 9.08. The van der Waals surface area contributed by atoms with Crippen molar-refractivity contribution >= 4 is 0 Å². The first-order valence-electron chi connectivity index (χ1n) is 4.69. The molecule has 0 aliphatic heterocycles. The molecule has 0 aromatic carbocycles. The average molecular weight is 162 g/mol. The SMILES string of the molecule is C=CC.C=CC1CC2C=CC1C2. The average Bonchev–Trinajstić information content (AvgIpc) is 2.65. The second-order valence-electron chi connectivity index (χ2n) is 3.59. The molecule has 2 aliphatic rings. The molecule has 0 aromatic heterocycles. The fourth-order valence-corrected chi connectivity index (χ4v) is 2.09. The van der Waals surface area contributed by atoms with Gasteiger partial charge in [-0.15, -0.1) is 13.2 Å². The highest BCUT2D eigenvalue weighted by Crippen LogP contribution is 2.43. The molecule has 0 N–H and O–H groups in total. The predicted octanol–water partition coefficient (Wildman–Crippen LogP) is 3.58. The van der Waals surface area contributed by atoms with Crippen molar-refractivity contribution in [3.05, 3.63) is 37.5 Å². The highest BCUT2D eigenvalue weighted by Gasteiger charge is 2.33. The molecule has 2 bridgehead atoms. The molecule has 3 unspecified atom stereocenters. The first kappa shape index (κ1) is 9.31. The Morgan fingerprint density at radius 3 is 2.17 bits per heavy atom. The zero-order valence-corrected chi connectivity index (χ0v) is 7.87. The molecule has 1 fully saturated rings. The van der Waals surface area contributed by atoms with Gasteiger partial charge in [0.25, 0.3) is 0 Å². The Morgan fingerprint density at radius 2 is 1.92 bits per heavy atom. The summed E-state index contributed by atoms with van der Waals surface area (Å²) in [5.74, 6) is 2.56. The second kappa shape index (κ2) is 4.30. The van der Waals surface area contributed by atoms with E-state index in [1.807, 2.05) is 6.92 Å². The summed E-state index contributed by atoms with van der Waals surface area (Å²) in [6, 6.07) is 0. The molecule has 2 rings (SSSR count). The number of rotatable bonds is 1. The van der Waals surface area contributed by atoms with E-state index in [1.165, 1.54) is 12.8 Å². The van der Waals surface area contributed by atoms with Crippen LogP contribution < -0.4 is 0 Å². The van der Waals surface area contributed by atoms with E-state index in [-0.39, 0.29) is 0 Å². The van der Waals surface area contributed by atoms with Crippen molar-refractivity contribution in [1.29, 1.82) is 0 Å². The van der Waals surface area contributed by atoms with Gasteiger partial charge in [-0.1, -0.05) is 24.3 Å². The summed E-state index contributed by atoms with van der Waals surface area (Å²) < 4.78 is 0. The summed E-state index contributed by atoms with van der Waals surface area (Å²) in [5, 5.41) is 0. The molecule has 0 nitrogen and oxygen atoms in total. The van der Waals surface area contributed by atoms with Crippen molar-refractivity contribution in [2.45, 2.75) is 19.8 Å². The fraction of sp³-hybridized carbons (Fsp3) is 0.500. The van der Waals surface area contributed by atoms with E-state index in [2.05, 4.69) is 31.4 Å². The minimum atomic E-state index is 0.806. The van der Waals surface area contributed by atoms with E-state index in [1.54, 1.807) is 6.08 Å². The molecule has 1 saturated carbocycles. The summed E-state index contributed by atoms with van der Waals surface area (Å²) in [4.78, 5) is 0. The third-order valence-electron chi connectivity index (χ3n) is 2.63. The summed E-state index contributed by atoms with van der Waals surface area (Å²) in [7, 11) is 0. The Kier molecular flexibility index (Phi) is 3.33. The third kappa shape index (κ3) is 1.88. The molecule has 0 spiro atoms. The molecule has 0 heterocycles. The van der Waals surface area contributed by atoms with Gasteiger partial charge in [-0.3, -0.25) is 0 Å². The minimum absolute atomic E-state index is 0.806. The van der Waals surface area contributed by atoms with Crippen LogP contribution in [0.15, 0.2) is 37.5 Å². The van der Waals surface area contributed by atoms with Crippen LogP contribution in [0, 0.1) is 17.8 Å². The van der Waals surface area contributed by atoms with Crippen molar-refractivity contribution in [2.75, 3.05) is 0 Å². The quantitative estimate of drug-likeness (QED) is 0.517. The van der Waals surface area contributed by atoms with E-state index in [4.69, 9.17) is 0 Å². The summed E-state index contributed by atoms with van der Waals surface area (Å²) in [5.41, 5.74) is 0. The monoisotopic (exact) mass is 162 g/mol. The molecular weight excluding hydrogens is 144 g/mol. The van der Waals surface area contributed by atoms with Crippen LogP contribution in [0.25, 0.3) is 0 Å². The number of fused-ring (bicyclic) bond motifs is 2. The van der Waals surface area contributed by atoms with Gasteiger partial charge in [-0.25, -0.2) is 0 Å². The van der Waals surface area contributed by atoms with Crippen LogP contribution in [0.5, 0.6) is 0 Å². The van der Waals surface area contributed by atoms with Crippen LogP contribution in [0.1, 0.15) is 19.8 Å². The van der Waals surface area contributed by atoms with Gasteiger partial charge in [0.1, 0.15) is 0 Å². The van der Waals surface area contributed by atoms with Crippen molar-refractivity contribution in [1.82, 2.24) is 0 Å². The Balaban J connectivity index is 0.000000213. The highest BCUT2D eigenvalue weighted by molar-refractivity contribution is 5.13. The smallest absolute Gasteiger partial charge is 0.0165 e. The van der Waals surface area contributed by atoms with Gasteiger partial charge in [-0.05, 0) is 37.5 Å². The van der Waals surface area contributed by atoms with Gasteiger partial charge in [0.2, 0.25) is 0 Å². The highest BCUT2D eigenvalue weighted by atomic mass is 14.4. The maximum atomic E-state index is 3.83. The van der Waals surface area contributed by atoms with Crippen LogP contribution in [-0.4, -0.2) is 0 Å². The van der Waals surface area contributed by atoms with Crippen LogP contribution in [0.2, 0.25) is 0 Å². The van der Waals surface area contributed by atoms with E-state index >= 15 is 0 Å². The lowest BCUT2D eigenvalue weighted by atomic mass is 9.94. The maximum absolute atomic E-state index is 3.83. The number of hydrogen-bond donors (Lipinski definition) is 0. The van der Waals surface area contributed by atoms with Gasteiger partial charge >= 0.3 is 0 Å². The van der Waals surface area contributed by atoms with E-state index in [0.717, 1.165) is 17.8 Å². The Hall–Kier alpha value is -0.780. The molecule has 66 valence electrons. The van der Waals surface area contributed by atoms with Crippen LogP contribution in [-0.2, 0) is 0 Å². The molecule has 3 atom stereocenters. The van der Waals surface area contributed by atoms with Crippen molar-refractivity contribution in [2.24, 2.45) is 17.8 Å². The van der Waals surface area contributed by atoms with Gasteiger partial charge < -0.3 is 0 Å². The first-order valence-corrected chi connectivity index (χ1v) is 4.69. The summed E-state index contributed by atoms with van der Waals surface area (Å²) in [6.07, 6.45) is 11.4. The Labute approximate surface area is 75.7 Å². The maximum Gasteiger partial charge on any atom is -0.0165 e. The summed E-state index contributed by atoms with van der Waals surface area (Å²) >= 11 is 0. The number of hydrogen-bond acceptors (Lipinski definition) is 0. The molecular formula is C12H18. The van der Waals surface area contributed by atoms with E-state index in [9.17, 15) is 0 Å². The standard InChI is InChI=1S/C9H12.C3H6/c1-2-8-5-7-3-4-9(8)6-7;1-3-2/h2-4,7-9H,1,5-6H2;3H,1H2,2H3. The molecule has 0 amide bonds. The number of allylic oxidation sites excluding steroid dienone is 4. The molecule has 0 radical (unpaired) electrons. The third-order valence-corrected chi connectivity index (χ3v) is 2.63. The van der Waals surface area contributed by atoms with Crippen molar-refractivity contribution in [3.8, 4) is 0 Å². The van der Waals surface area contributed by atoms with Crippen molar-refractivity contribution in [3.63, 3.8) is 0 Å².